The van der Waals surface area contributed by atoms with E-state index in [9.17, 15) is 5.26 Å². The molecule has 0 spiro atoms. The summed E-state index contributed by atoms with van der Waals surface area (Å²) in [6.45, 7) is 15.3. The molecule has 4 nitrogen and oxygen atoms in total. The Kier molecular flexibility index (Phi) is 5.86. The largest absolute Gasteiger partial charge is 0.494 e. The summed E-state index contributed by atoms with van der Waals surface area (Å²) in [5.41, 5.74) is 0.569. The third-order valence-electron chi connectivity index (χ3n) is 5.05. The average molecular weight is 343 g/mol. The summed E-state index contributed by atoms with van der Waals surface area (Å²) in [6.07, 6.45) is 1.11. The molecule has 25 heavy (non-hydrogen) atoms. The number of hydrogen-bond donors (Lipinski definition) is 0. The summed E-state index contributed by atoms with van der Waals surface area (Å²) in [7, 11) is -0.467. The fraction of sp³-hybridized carbons (Fsp3) is 0.650. The lowest BCUT2D eigenvalue weighted by molar-refractivity contribution is 0.00578. The van der Waals surface area contributed by atoms with Crippen LogP contribution in [0.25, 0.3) is 0 Å². The van der Waals surface area contributed by atoms with Crippen molar-refractivity contribution in [3.63, 3.8) is 0 Å². The molecule has 1 unspecified atom stereocenters. The summed E-state index contributed by atoms with van der Waals surface area (Å²) < 4.78 is 18.0. The zero-order chi connectivity index (χ0) is 18.8. The number of ether oxygens (including phenoxy) is 1. The van der Waals surface area contributed by atoms with Gasteiger partial charge >= 0.3 is 7.12 Å². The summed E-state index contributed by atoms with van der Waals surface area (Å²) in [5, 5.41) is 9.49. The molecule has 1 aromatic carbocycles. The van der Waals surface area contributed by atoms with Crippen LogP contribution >= 0.6 is 0 Å². The van der Waals surface area contributed by atoms with E-state index in [-0.39, 0.29) is 0 Å². The maximum absolute atomic E-state index is 9.49. The van der Waals surface area contributed by atoms with Gasteiger partial charge in [-0.2, -0.15) is 5.26 Å². The number of nitrogens with zero attached hydrogens (tertiary/aromatic N) is 1. The van der Waals surface area contributed by atoms with Crippen molar-refractivity contribution in [3.8, 4) is 11.8 Å². The first-order valence-corrected chi connectivity index (χ1v) is 9.08. The summed E-state index contributed by atoms with van der Waals surface area (Å²) in [4.78, 5) is 0. The highest BCUT2D eigenvalue weighted by Crippen LogP contribution is 2.36. The zero-order valence-corrected chi connectivity index (χ0v) is 16.6. The molecule has 1 atom stereocenters. The molecule has 1 aliphatic heterocycles. The Morgan fingerprint density at radius 2 is 1.72 bits per heavy atom. The predicted molar refractivity (Wildman–Crippen MR) is 101 cm³/mol. The molecule has 1 heterocycles. The van der Waals surface area contributed by atoms with Crippen LogP contribution in [0.5, 0.6) is 5.75 Å². The van der Waals surface area contributed by atoms with Gasteiger partial charge in [0.2, 0.25) is 0 Å². The van der Waals surface area contributed by atoms with Crippen LogP contribution in [-0.4, -0.2) is 24.9 Å². The zero-order valence-electron chi connectivity index (χ0n) is 16.6. The molecule has 0 radical (unpaired) electrons. The molecule has 1 fully saturated rings. The number of benzene rings is 1. The van der Waals surface area contributed by atoms with Crippen molar-refractivity contribution in [2.45, 2.75) is 66.1 Å². The Labute approximate surface area is 152 Å². The summed E-state index contributed by atoms with van der Waals surface area (Å²) in [6, 6.07) is 7.81. The van der Waals surface area contributed by atoms with E-state index in [2.05, 4.69) is 26.8 Å². The Balaban J connectivity index is 2.11. The first kappa shape index (κ1) is 19.8. The molecule has 1 aromatic rings. The minimum atomic E-state index is -0.467. The Morgan fingerprint density at radius 1 is 1.12 bits per heavy atom. The number of nitriles is 1. The van der Waals surface area contributed by atoms with Gasteiger partial charge in [0.15, 0.2) is 0 Å². The van der Waals surface area contributed by atoms with Crippen molar-refractivity contribution < 1.29 is 14.0 Å². The molecule has 136 valence electrons. The van der Waals surface area contributed by atoms with Crippen molar-refractivity contribution in [2.24, 2.45) is 11.8 Å². The Hall–Kier alpha value is -1.51. The van der Waals surface area contributed by atoms with E-state index in [1.165, 1.54) is 0 Å². The molecule has 2 rings (SSSR count). The van der Waals surface area contributed by atoms with Crippen molar-refractivity contribution in [3.05, 3.63) is 23.8 Å². The number of hydrogen-bond acceptors (Lipinski definition) is 4. The van der Waals surface area contributed by atoms with Crippen LogP contribution in [0.1, 0.15) is 60.5 Å². The maximum Gasteiger partial charge on any atom is 0.494 e. The summed E-state index contributed by atoms with van der Waals surface area (Å²) in [5.74, 6) is 1.72. The third kappa shape index (κ3) is 4.57. The fourth-order valence-corrected chi connectivity index (χ4v) is 2.99. The lowest BCUT2D eigenvalue weighted by Gasteiger charge is -2.32. The third-order valence-corrected chi connectivity index (χ3v) is 5.05. The van der Waals surface area contributed by atoms with Gasteiger partial charge in [-0.15, -0.1) is 0 Å². The van der Waals surface area contributed by atoms with Gasteiger partial charge in [0, 0.05) is 0 Å². The van der Waals surface area contributed by atoms with E-state index in [1.54, 1.807) is 0 Å². The highest BCUT2D eigenvalue weighted by Gasteiger charge is 2.51. The van der Waals surface area contributed by atoms with Crippen LogP contribution in [0.4, 0.5) is 0 Å². The molecule has 5 heteroatoms. The van der Waals surface area contributed by atoms with Gasteiger partial charge in [0.25, 0.3) is 0 Å². The quantitative estimate of drug-likeness (QED) is 0.735. The lowest BCUT2D eigenvalue weighted by atomic mass is 9.78. The van der Waals surface area contributed by atoms with E-state index >= 15 is 0 Å². The van der Waals surface area contributed by atoms with E-state index in [0.717, 1.165) is 11.9 Å². The first-order valence-electron chi connectivity index (χ1n) is 9.08. The molecule has 0 bridgehead atoms. The van der Waals surface area contributed by atoms with Gasteiger partial charge in [0.05, 0.1) is 23.4 Å². The van der Waals surface area contributed by atoms with Crippen molar-refractivity contribution >= 4 is 12.6 Å². The van der Waals surface area contributed by atoms with E-state index in [1.807, 2.05) is 45.9 Å². The molecule has 1 saturated heterocycles. The minimum absolute atomic E-state index is 0.397. The molecule has 0 aliphatic carbocycles. The Bertz CT molecular complexity index is 633. The lowest BCUT2D eigenvalue weighted by Crippen LogP contribution is -2.41. The van der Waals surface area contributed by atoms with Crippen molar-refractivity contribution in [1.82, 2.24) is 0 Å². The van der Waals surface area contributed by atoms with E-state index in [0.29, 0.717) is 29.8 Å². The van der Waals surface area contributed by atoms with Crippen LogP contribution < -0.4 is 10.2 Å². The van der Waals surface area contributed by atoms with Gasteiger partial charge in [-0.1, -0.05) is 26.8 Å². The summed E-state index contributed by atoms with van der Waals surface area (Å²) >= 11 is 0. The van der Waals surface area contributed by atoms with Crippen LogP contribution in [0.3, 0.4) is 0 Å². The standard InChI is InChI=1S/C20H30BNO3/c1-14(2)10-15(3)13-23-18-9-8-17(11-16(18)12-22)21-24-19(4,5)20(6,7)25-21/h8-9,11,14-15H,10,13H2,1-7H3. The topological polar surface area (TPSA) is 51.5 Å². The molecular formula is C20H30BNO3. The normalized spacial score (nSPS) is 19.7. The minimum Gasteiger partial charge on any atom is -0.492 e. The van der Waals surface area contributed by atoms with Gasteiger partial charge in [-0.05, 0) is 63.5 Å². The van der Waals surface area contributed by atoms with Gasteiger partial charge in [-0.3, -0.25) is 0 Å². The first-order chi connectivity index (χ1) is 11.6. The molecule has 1 aliphatic rings. The second-order valence-corrected chi connectivity index (χ2v) is 8.50. The van der Waals surface area contributed by atoms with Crippen LogP contribution in [0.15, 0.2) is 18.2 Å². The number of rotatable bonds is 6. The highest BCUT2D eigenvalue weighted by atomic mass is 16.7. The van der Waals surface area contributed by atoms with Gasteiger partial charge in [-0.25, -0.2) is 0 Å². The highest BCUT2D eigenvalue weighted by molar-refractivity contribution is 6.62. The van der Waals surface area contributed by atoms with Crippen LogP contribution in [-0.2, 0) is 9.31 Å². The van der Waals surface area contributed by atoms with Gasteiger partial charge < -0.3 is 14.0 Å². The monoisotopic (exact) mass is 343 g/mol. The molecule has 0 N–H and O–H groups in total. The van der Waals surface area contributed by atoms with Crippen LogP contribution in [0, 0.1) is 23.2 Å². The molecule has 0 aromatic heterocycles. The van der Waals surface area contributed by atoms with Gasteiger partial charge in [0.1, 0.15) is 11.8 Å². The molecule has 0 saturated carbocycles. The molecular weight excluding hydrogens is 313 g/mol. The average Bonchev–Trinajstić information content (AvgIpc) is 2.72. The van der Waals surface area contributed by atoms with Crippen LogP contribution in [0.2, 0.25) is 0 Å². The fourth-order valence-electron chi connectivity index (χ4n) is 2.99. The maximum atomic E-state index is 9.49. The Morgan fingerprint density at radius 3 is 2.24 bits per heavy atom. The SMILES string of the molecule is CC(C)CC(C)COc1ccc(B2OC(C)(C)C(C)(C)O2)cc1C#N. The molecule has 0 amide bonds. The van der Waals surface area contributed by atoms with Crippen molar-refractivity contribution in [1.29, 1.82) is 5.26 Å². The van der Waals surface area contributed by atoms with Crippen molar-refractivity contribution in [2.75, 3.05) is 6.61 Å². The smallest absolute Gasteiger partial charge is 0.492 e. The predicted octanol–water partition coefficient (Wildman–Crippen LogP) is 3.92. The van der Waals surface area contributed by atoms with E-state index in [4.69, 9.17) is 14.0 Å². The second kappa shape index (κ2) is 7.39. The van der Waals surface area contributed by atoms with E-state index < -0.39 is 18.3 Å². The second-order valence-electron chi connectivity index (χ2n) is 8.50.